The summed E-state index contributed by atoms with van der Waals surface area (Å²) < 4.78 is 0. The number of fused-ring (bicyclic) bond motifs is 2. The van der Waals surface area contributed by atoms with E-state index in [0.717, 1.165) is 5.69 Å². The lowest BCUT2D eigenvalue weighted by atomic mass is 9.58. The minimum Gasteiger partial charge on any atom is -0.256 e. The van der Waals surface area contributed by atoms with E-state index in [4.69, 9.17) is 4.98 Å². The Balaban J connectivity index is 2.19. The van der Waals surface area contributed by atoms with Crippen LogP contribution in [0.3, 0.4) is 0 Å². The Morgan fingerprint density at radius 2 is 1.28 bits per heavy atom. The number of aryl methyl sites for hydroxylation is 2. The first-order valence-electron chi connectivity index (χ1n) is 10.8. The molecule has 3 aromatic rings. The van der Waals surface area contributed by atoms with Gasteiger partial charge >= 0.3 is 0 Å². The number of aromatic nitrogens is 1. The van der Waals surface area contributed by atoms with Crippen LogP contribution >= 0.6 is 0 Å². The van der Waals surface area contributed by atoms with Gasteiger partial charge in [-0.1, -0.05) is 69.7 Å². The molecule has 0 aliphatic heterocycles. The van der Waals surface area contributed by atoms with Crippen LogP contribution in [-0.2, 0) is 10.8 Å². The Morgan fingerprint density at radius 3 is 1.83 bits per heavy atom. The molecule has 0 saturated carbocycles. The van der Waals surface area contributed by atoms with Crippen LogP contribution < -0.4 is 10.9 Å². The fraction of sp³-hybridized carbons (Fsp3) is 0.423. The molecule has 0 atom stereocenters. The number of pyridine rings is 1. The van der Waals surface area contributed by atoms with E-state index in [1.165, 1.54) is 44.0 Å². The van der Waals surface area contributed by atoms with E-state index in [1.807, 2.05) is 6.20 Å². The standard InChI is InChI=1S/C26H33B2N/c1-14-11-15(2)13-16(12-14)23-18-17(9-10-29-23)21(27)19-20(22(18)28)25(5,6)26(7,8)24(19,3)4/h9-13H,27-28H2,1-8H3. The van der Waals surface area contributed by atoms with Gasteiger partial charge in [-0.3, -0.25) is 4.98 Å². The van der Waals surface area contributed by atoms with Crippen molar-refractivity contribution in [2.75, 3.05) is 0 Å². The van der Waals surface area contributed by atoms with Crippen molar-refractivity contribution in [2.24, 2.45) is 5.41 Å². The van der Waals surface area contributed by atoms with Gasteiger partial charge in [0.25, 0.3) is 0 Å². The highest BCUT2D eigenvalue weighted by Crippen LogP contribution is 2.60. The summed E-state index contributed by atoms with van der Waals surface area (Å²) in [5.41, 5.74) is 11.2. The quantitative estimate of drug-likeness (QED) is 0.587. The molecular weight excluding hydrogens is 348 g/mol. The van der Waals surface area contributed by atoms with Crippen molar-refractivity contribution in [1.82, 2.24) is 4.98 Å². The summed E-state index contributed by atoms with van der Waals surface area (Å²) in [6.07, 6.45) is 1.99. The van der Waals surface area contributed by atoms with Crippen LogP contribution in [0.5, 0.6) is 0 Å². The molecule has 148 valence electrons. The molecule has 0 bridgehead atoms. The molecule has 2 aromatic carbocycles. The molecule has 1 aliphatic rings. The molecule has 1 heterocycles. The number of rotatable bonds is 1. The summed E-state index contributed by atoms with van der Waals surface area (Å²) in [5.74, 6) is 0. The Kier molecular flexibility index (Phi) is 4.19. The minimum absolute atomic E-state index is 0.0878. The van der Waals surface area contributed by atoms with Gasteiger partial charge in [-0.15, -0.1) is 0 Å². The fourth-order valence-electron chi connectivity index (χ4n) is 6.09. The Labute approximate surface area is 178 Å². The van der Waals surface area contributed by atoms with Crippen LogP contribution in [0.1, 0.15) is 63.8 Å². The van der Waals surface area contributed by atoms with E-state index in [2.05, 4.69) is 95.3 Å². The minimum atomic E-state index is 0.0878. The summed E-state index contributed by atoms with van der Waals surface area (Å²) in [7, 11) is 4.65. The second-order valence-corrected chi connectivity index (χ2v) is 10.8. The number of hydrogen-bond acceptors (Lipinski definition) is 1. The van der Waals surface area contributed by atoms with E-state index in [0.29, 0.717) is 0 Å². The molecule has 0 fully saturated rings. The molecular formula is C26H33B2N. The van der Waals surface area contributed by atoms with Gasteiger partial charge in [-0.05, 0) is 64.8 Å². The molecule has 0 spiro atoms. The average Bonchev–Trinajstić information content (AvgIpc) is 2.72. The zero-order chi connectivity index (χ0) is 21.5. The molecule has 1 aromatic heterocycles. The zero-order valence-corrected chi connectivity index (χ0v) is 19.8. The Hall–Kier alpha value is -2.02. The van der Waals surface area contributed by atoms with Crippen molar-refractivity contribution in [3.63, 3.8) is 0 Å². The molecule has 29 heavy (non-hydrogen) atoms. The van der Waals surface area contributed by atoms with Crippen molar-refractivity contribution < 1.29 is 0 Å². The van der Waals surface area contributed by atoms with Crippen LogP contribution in [0.25, 0.3) is 22.0 Å². The second kappa shape index (κ2) is 6.00. The highest BCUT2D eigenvalue weighted by Gasteiger charge is 2.58. The molecule has 0 radical (unpaired) electrons. The summed E-state index contributed by atoms with van der Waals surface area (Å²) in [6.45, 7) is 19.0. The van der Waals surface area contributed by atoms with Gasteiger partial charge in [0, 0.05) is 17.1 Å². The van der Waals surface area contributed by atoms with Crippen molar-refractivity contribution in [1.29, 1.82) is 0 Å². The maximum Gasteiger partial charge on any atom is 0.140 e. The third-order valence-electron chi connectivity index (χ3n) is 8.60. The van der Waals surface area contributed by atoms with E-state index >= 15 is 0 Å². The van der Waals surface area contributed by atoms with Gasteiger partial charge in [0.15, 0.2) is 0 Å². The van der Waals surface area contributed by atoms with Crippen molar-refractivity contribution >= 4 is 37.4 Å². The van der Waals surface area contributed by atoms with Gasteiger partial charge in [-0.25, -0.2) is 0 Å². The van der Waals surface area contributed by atoms with Gasteiger partial charge in [-0.2, -0.15) is 0 Å². The molecule has 0 saturated heterocycles. The molecule has 3 heteroatoms. The number of benzene rings is 2. The lowest BCUT2D eigenvalue weighted by molar-refractivity contribution is 0.126. The molecule has 0 N–H and O–H groups in total. The van der Waals surface area contributed by atoms with E-state index in [9.17, 15) is 0 Å². The van der Waals surface area contributed by atoms with E-state index < -0.39 is 0 Å². The lowest BCUT2D eigenvalue weighted by Crippen LogP contribution is -2.43. The average molecular weight is 381 g/mol. The largest absolute Gasteiger partial charge is 0.256 e. The molecule has 0 unspecified atom stereocenters. The third-order valence-corrected chi connectivity index (χ3v) is 8.60. The Bertz CT molecular complexity index is 1150. The summed E-state index contributed by atoms with van der Waals surface area (Å²) in [5, 5.41) is 2.68. The van der Waals surface area contributed by atoms with Gasteiger partial charge in [0.2, 0.25) is 0 Å². The van der Waals surface area contributed by atoms with Crippen LogP contribution in [0.15, 0.2) is 30.5 Å². The predicted molar refractivity (Wildman–Crippen MR) is 133 cm³/mol. The topological polar surface area (TPSA) is 12.9 Å². The maximum absolute atomic E-state index is 4.91. The van der Waals surface area contributed by atoms with Crippen LogP contribution in [-0.4, -0.2) is 20.7 Å². The number of hydrogen-bond donors (Lipinski definition) is 0. The highest BCUT2D eigenvalue weighted by molar-refractivity contribution is 6.48. The third kappa shape index (κ3) is 2.46. The first-order chi connectivity index (χ1) is 13.3. The first kappa shape index (κ1) is 20.3. The zero-order valence-electron chi connectivity index (χ0n) is 19.8. The van der Waals surface area contributed by atoms with Crippen LogP contribution in [0, 0.1) is 19.3 Å². The molecule has 4 rings (SSSR count). The van der Waals surface area contributed by atoms with Gasteiger partial charge < -0.3 is 0 Å². The fourth-order valence-corrected chi connectivity index (χ4v) is 6.09. The van der Waals surface area contributed by atoms with Crippen molar-refractivity contribution in [2.45, 2.75) is 66.2 Å². The smallest absolute Gasteiger partial charge is 0.140 e. The summed E-state index contributed by atoms with van der Waals surface area (Å²) >= 11 is 0. The SMILES string of the molecule is Bc1c2c(c(B)c3c(-c4cc(C)cc(C)c4)nccc13)C(C)(C)C(C)(C)C2(C)C. The maximum atomic E-state index is 4.91. The predicted octanol–water partition coefficient (Wildman–Crippen LogP) is 3.63. The van der Waals surface area contributed by atoms with Crippen molar-refractivity contribution in [3.05, 3.63) is 52.7 Å². The van der Waals surface area contributed by atoms with E-state index in [-0.39, 0.29) is 16.2 Å². The van der Waals surface area contributed by atoms with Crippen molar-refractivity contribution in [3.8, 4) is 11.3 Å². The summed E-state index contributed by atoms with van der Waals surface area (Å²) in [4.78, 5) is 4.91. The summed E-state index contributed by atoms with van der Waals surface area (Å²) in [6, 6.07) is 9.00. The molecule has 1 nitrogen and oxygen atoms in total. The van der Waals surface area contributed by atoms with Gasteiger partial charge in [0.1, 0.15) is 15.7 Å². The Morgan fingerprint density at radius 1 is 0.759 bits per heavy atom. The molecule has 1 aliphatic carbocycles. The number of nitrogens with zero attached hydrogens (tertiary/aromatic N) is 1. The first-order valence-corrected chi connectivity index (χ1v) is 10.8. The lowest BCUT2D eigenvalue weighted by Gasteiger charge is -2.45. The molecule has 0 amide bonds. The second-order valence-electron chi connectivity index (χ2n) is 10.8. The normalized spacial score (nSPS) is 18.8. The van der Waals surface area contributed by atoms with Crippen LogP contribution in [0.2, 0.25) is 0 Å². The highest BCUT2D eigenvalue weighted by atomic mass is 14.7. The van der Waals surface area contributed by atoms with Crippen LogP contribution in [0.4, 0.5) is 0 Å². The van der Waals surface area contributed by atoms with E-state index in [1.54, 1.807) is 5.56 Å². The van der Waals surface area contributed by atoms with Gasteiger partial charge in [0.05, 0.1) is 5.69 Å². The monoisotopic (exact) mass is 381 g/mol.